The van der Waals surface area contributed by atoms with Crippen LogP contribution in [0, 0.1) is 0 Å². The minimum Gasteiger partial charge on any atom is -0.426 e. The molecule has 88 valence electrons. The van der Waals surface area contributed by atoms with Gasteiger partial charge in [-0.25, -0.2) is 0 Å². The highest BCUT2D eigenvalue weighted by Gasteiger charge is 2.34. The second-order valence-electron chi connectivity index (χ2n) is 4.06. The van der Waals surface area contributed by atoms with Crippen LogP contribution < -0.4 is 0 Å². The number of hydrogen-bond acceptors (Lipinski definition) is 3. The molecule has 1 aliphatic rings. The summed E-state index contributed by atoms with van der Waals surface area (Å²) in [6, 6.07) is 9.56. The van der Waals surface area contributed by atoms with Crippen LogP contribution in [0.5, 0.6) is 0 Å². The van der Waals surface area contributed by atoms with Gasteiger partial charge < -0.3 is 4.74 Å². The first kappa shape index (κ1) is 11.8. The van der Waals surface area contributed by atoms with E-state index in [9.17, 15) is 4.79 Å². The van der Waals surface area contributed by atoms with Gasteiger partial charge in [-0.2, -0.15) is 0 Å². The average Bonchev–Trinajstić information content (AvgIpc) is 2.55. The third kappa shape index (κ3) is 2.36. The first-order valence-electron chi connectivity index (χ1n) is 5.41. The third-order valence-electron chi connectivity index (χ3n) is 2.44. The zero-order valence-electron chi connectivity index (χ0n) is 9.71. The molecule has 1 aromatic rings. The molecule has 1 saturated heterocycles. The molecule has 1 fully saturated rings. The number of thiocarbonyl (C=S) groups is 1. The molecule has 0 aromatic heterocycles. The van der Waals surface area contributed by atoms with E-state index in [1.807, 2.05) is 44.2 Å². The molecule has 0 atom stereocenters. The second kappa shape index (κ2) is 4.67. The Balaban J connectivity index is 2.28. The smallest absolute Gasteiger partial charge is 0.297 e. The molecule has 0 spiro atoms. The largest absolute Gasteiger partial charge is 0.426 e. The van der Waals surface area contributed by atoms with E-state index >= 15 is 0 Å². The predicted molar refractivity (Wildman–Crippen MR) is 70.1 cm³/mol. The zero-order valence-corrected chi connectivity index (χ0v) is 10.5. The summed E-state index contributed by atoms with van der Waals surface area (Å²) < 4.78 is 5.32. The molecule has 0 aliphatic carbocycles. The van der Waals surface area contributed by atoms with Crippen LogP contribution in [-0.2, 0) is 9.53 Å². The molecule has 0 bridgehead atoms. The summed E-state index contributed by atoms with van der Waals surface area (Å²) in [5.41, 5.74) is 0.921. The van der Waals surface area contributed by atoms with E-state index in [1.54, 1.807) is 6.08 Å². The molecule has 1 aromatic carbocycles. The molecule has 17 heavy (non-hydrogen) atoms. The van der Waals surface area contributed by atoms with E-state index < -0.39 is 0 Å². The Kier molecular flexibility index (Phi) is 3.24. The highest BCUT2D eigenvalue weighted by atomic mass is 32.1. The van der Waals surface area contributed by atoms with Gasteiger partial charge in [0.2, 0.25) is 0 Å². The lowest BCUT2D eigenvalue weighted by Crippen LogP contribution is -2.34. The fraction of sp³-hybridized carbons (Fsp3) is 0.231. The monoisotopic (exact) mass is 247 g/mol. The SMILES string of the molecule is CC(C)N1C(=O)C(=Cc2ccccc2)OC1=S. The fourth-order valence-corrected chi connectivity index (χ4v) is 2.01. The summed E-state index contributed by atoms with van der Waals surface area (Å²) in [6.07, 6.45) is 1.71. The van der Waals surface area contributed by atoms with Crippen molar-refractivity contribution in [2.24, 2.45) is 0 Å². The quantitative estimate of drug-likeness (QED) is 0.594. The maximum atomic E-state index is 12.0. The van der Waals surface area contributed by atoms with Crippen molar-refractivity contribution < 1.29 is 9.53 Å². The van der Waals surface area contributed by atoms with Gasteiger partial charge in [-0.05, 0) is 37.7 Å². The number of rotatable bonds is 2. The van der Waals surface area contributed by atoms with Crippen LogP contribution in [0.4, 0.5) is 0 Å². The first-order valence-corrected chi connectivity index (χ1v) is 5.82. The molecular formula is C13H13NO2S. The van der Waals surface area contributed by atoms with E-state index in [2.05, 4.69) is 0 Å². The molecule has 2 rings (SSSR count). The molecule has 1 aliphatic heterocycles. The molecule has 0 saturated carbocycles. The Bertz CT molecular complexity index is 479. The Hall–Kier alpha value is -1.68. The van der Waals surface area contributed by atoms with Crippen molar-refractivity contribution in [3.63, 3.8) is 0 Å². The minimum absolute atomic E-state index is 0.0108. The van der Waals surface area contributed by atoms with Gasteiger partial charge in [-0.1, -0.05) is 30.3 Å². The standard InChI is InChI=1S/C13H13NO2S/c1-9(2)14-12(15)11(16-13(14)17)8-10-6-4-3-5-7-10/h3-9H,1-2H3. The molecule has 3 nitrogen and oxygen atoms in total. The van der Waals surface area contributed by atoms with Gasteiger partial charge in [0.25, 0.3) is 11.1 Å². The Morgan fingerprint density at radius 1 is 1.29 bits per heavy atom. The third-order valence-corrected chi connectivity index (χ3v) is 2.72. The van der Waals surface area contributed by atoms with Gasteiger partial charge >= 0.3 is 0 Å². The van der Waals surface area contributed by atoms with E-state index in [4.69, 9.17) is 17.0 Å². The van der Waals surface area contributed by atoms with Gasteiger partial charge in [0.15, 0.2) is 5.76 Å². The topological polar surface area (TPSA) is 29.5 Å². The van der Waals surface area contributed by atoms with Crippen molar-refractivity contribution in [1.29, 1.82) is 0 Å². The van der Waals surface area contributed by atoms with Crippen LogP contribution in [0.3, 0.4) is 0 Å². The number of benzene rings is 1. The number of nitrogens with zero attached hydrogens (tertiary/aromatic N) is 1. The van der Waals surface area contributed by atoms with E-state index in [0.717, 1.165) is 5.56 Å². The highest BCUT2D eigenvalue weighted by molar-refractivity contribution is 7.80. The van der Waals surface area contributed by atoms with Crippen molar-refractivity contribution in [2.45, 2.75) is 19.9 Å². The first-order chi connectivity index (χ1) is 8.09. The van der Waals surface area contributed by atoms with Crippen LogP contribution >= 0.6 is 12.2 Å². The lowest BCUT2D eigenvalue weighted by molar-refractivity contribution is -0.123. The van der Waals surface area contributed by atoms with Crippen molar-refractivity contribution in [3.8, 4) is 0 Å². The number of carbonyl (C=O) groups excluding carboxylic acids is 1. The molecule has 1 amide bonds. The molecule has 0 radical (unpaired) electrons. The second-order valence-corrected chi connectivity index (χ2v) is 4.41. The molecule has 0 unspecified atom stereocenters. The summed E-state index contributed by atoms with van der Waals surface area (Å²) >= 11 is 5.03. The average molecular weight is 247 g/mol. The Labute approximate surface area is 106 Å². The molecule has 0 N–H and O–H groups in total. The predicted octanol–water partition coefficient (Wildman–Crippen LogP) is 2.58. The van der Waals surface area contributed by atoms with Gasteiger partial charge in [0, 0.05) is 6.04 Å². The summed E-state index contributed by atoms with van der Waals surface area (Å²) in [5.74, 6) is 0.115. The van der Waals surface area contributed by atoms with Crippen LogP contribution in [0.15, 0.2) is 36.1 Å². The summed E-state index contributed by atoms with van der Waals surface area (Å²) in [6.45, 7) is 3.80. The van der Waals surface area contributed by atoms with Gasteiger partial charge in [0.1, 0.15) is 0 Å². The highest BCUT2D eigenvalue weighted by Crippen LogP contribution is 2.21. The van der Waals surface area contributed by atoms with Gasteiger partial charge in [-0.15, -0.1) is 0 Å². The van der Waals surface area contributed by atoms with Crippen LogP contribution in [0.25, 0.3) is 6.08 Å². The summed E-state index contributed by atoms with van der Waals surface area (Å²) in [4.78, 5) is 13.5. The number of amides is 1. The Morgan fingerprint density at radius 2 is 1.94 bits per heavy atom. The van der Waals surface area contributed by atoms with Gasteiger partial charge in [-0.3, -0.25) is 9.69 Å². The maximum Gasteiger partial charge on any atom is 0.297 e. The van der Waals surface area contributed by atoms with Crippen molar-refractivity contribution >= 4 is 29.4 Å². The molecular weight excluding hydrogens is 234 g/mol. The van der Waals surface area contributed by atoms with Crippen molar-refractivity contribution in [1.82, 2.24) is 4.90 Å². The summed E-state index contributed by atoms with van der Waals surface area (Å²) in [5, 5.41) is 0.229. The Morgan fingerprint density at radius 3 is 2.47 bits per heavy atom. The number of carbonyl (C=O) groups is 1. The van der Waals surface area contributed by atoms with Crippen molar-refractivity contribution in [3.05, 3.63) is 41.7 Å². The van der Waals surface area contributed by atoms with Gasteiger partial charge in [0.05, 0.1) is 0 Å². The van der Waals surface area contributed by atoms with E-state index in [-0.39, 0.29) is 22.9 Å². The maximum absolute atomic E-state index is 12.0. The van der Waals surface area contributed by atoms with E-state index in [0.29, 0.717) is 0 Å². The van der Waals surface area contributed by atoms with Crippen molar-refractivity contribution in [2.75, 3.05) is 0 Å². The number of ether oxygens (including phenoxy) is 1. The van der Waals surface area contributed by atoms with Crippen LogP contribution in [0.2, 0.25) is 0 Å². The lowest BCUT2D eigenvalue weighted by atomic mass is 10.2. The molecule has 1 heterocycles. The van der Waals surface area contributed by atoms with Crippen LogP contribution in [-0.4, -0.2) is 22.0 Å². The van der Waals surface area contributed by atoms with Crippen LogP contribution in [0.1, 0.15) is 19.4 Å². The minimum atomic E-state index is -0.172. The fourth-order valence-electron chi connectivity index (χ4n) is 1.63. The normalized spacial score (nSPS) is 18.1. The number of hydrogen-bond donors (Lipinski definition) is 0. The van der Waals surface area contributed by atoms with E-state index in [1.165, 1.54) is 4.90 Å². The lowest BCUT2D eigenvalue weighted by Gasteiger charge is -2.15. The summed E-state index contributed by atoms with van der Waals surface area (Å²) in [7, 11) is 0. The zero-order chi connectivity index (χ0) is 12.4. The molecule has 4 heteroatoms.